The van der Waals surface area contributed by atoms with Gasteiger partial charge in [-0.3, -0.25) is 19.8 Å². The molecule has 3 N–H and O–H groups in total. The minimum absolute atomic E-state index is 0.0232. The average Bonchev–Trinajstić information content (AvgIpc) is 3.98. The van der Waals surface area contributed by atoms with E-state index in [9.17, 15) is 36.5 Å². The van der Waals surface area contributed by atoms with E-state index in [0.717, 1.165) is 76.0 Å². The highest BCUT2D eigenvalue weighted by Gasteiger charge is 2.50. The molecule has 3 aromatic carbocycles. The van der Waals surface area contributed by atoms with Gasteiger partial charge < -0.3 is 24.7 Å². The quantitative estimate of drug-likeness (QED) is 0.0849. The second kappa shape index (κ2) is 18.1. The first kappa shape index (κ1) is 47.8. The highest BCUT2D eigenvalue weighted by atomic mass is 32.2. The molecule has 10 rings (SSSR count). The van der Waals surface area contributed by atoms with Crippen molar-refractivity contribution in [3.8, 4) is 17.2 Å². The summed E-state index contributed by atoms with van der Waals surface area (Å²) >= 11 is 0. The van der Waals surface area contributed by atoms with E-state index in [2.05, 4.69) is 81.8 Å². The molecule has 4 fully saturated rings. The fraction of sp³-hybridized carbons (Fsp3) is 0.500. The van der Waals surface area contributed by atoms with Crippen LogP contribution in [0.4, 0.5) is 30.2 Å². The summed E-state index contributed by atoms with van der Waals surface area (Å²) in [5, 5.41) is 15.5. The summed E-state index contributed by atoms with van der Waals surface area (Å²) in [4.78, 5) is 36.9. The first-order chi connectivity index (χ1) is 33.3. The lowest BCUT2D eigenvalue weighted by Gasteiger charge is -2.57. The van der Waals surface area contributed by atoms with Gasteiger partial charge in [-0.05, 0) is 109 Å². The number of benzene rings is 3. The number of carbonyl (C=O) groups is 1. The van der Waals surface area contributed by atoms with E-state index in [1.807, 2.05) is 0 Å². The summed E-state index contributed by atoms with van der Waals surface area (Å²) in [5.74, 6) is -0.203. The molecule has 18 heteroatoms. The molecule has 70 heavy (non-hydrogen) atoms. The van der Waals surface area contributed by atoms with Crippen molar-refractivity contribution < 1.29 is 40.8 Å². The summed E-state index contributed by atoms with van der Waals surface area (Å²) in [6.45, 7) is 12.6. The number of sulfonamides is 1. The number of ether oxygens (including phenoxy) is 2. The Labute approximate surface area is 405 Å². The zero-order valence-electron chi connectivity index (χ0n) is 39.9. The molecule has 1 spiro atoms. The van der Waals surface area contributed by atoms with Crippen LogP contribution < -0.4 is 24.4 Å². The number of nitro benzene ring substituents is 1. The third kappa shape index (κ3) is 9.28. The van der Waals surface area contributed by atoms with E-state index in [4.69, 9.17) is 9.47 Å². The van der Waals surface area contributed by atoms with E-state index in [0.29, 0.717) is 36.7 Å². The van der Waals surface area contributed by atoms with Gasteiger partial charge in [-0.1, -0.05) is 58.4 Å². The van der Waals surface area contributed by atoms with Crippen LogP contribution >= 0.6 is 0 Å². The van der Waals surface area contributed by atoms with Crippen molar-refractivity contribution in [2.24, 2.45) is 16.7 Å². The van der Waals surface area contributed by atoms with E-state index in [1.165, 1.54) is 42.7 Å². The number of hydrogen-bond acceptors (Lipinski definition) is 11. The maximum absolute atomic E-state index is 14.2. The van der Waals surface area contributed by atoms with Gasteiger partial charge >= 0.3 is 6.18 Å². The van der Waals surface area contributed by atoms with Crippen LogP contribution in [0.1, 0.15) is 124 Å². The van der Waals surface area contributed by atoms with Crippen LogP contribution in [0, 0.1) is 26.9 Å². The number of hydrogen-bond donors (Lipinski definition) is 3. The van der Waals surface area contributed by atoms with Gasteiger partial charge in [0.1, 0.15) is 23.8 Å². The Morgan fingerprint density at radius 2 is 1.74 bits per heavy atom. The maximum Gasteiger partial charge on any atom is 0.418 e. The van der Waals surface area contributed by atoms with Gasteiger partial charge in [0, 0.05) is 67.7 Å². The van der Waals surface area contributed by atoms with Crippen molar-refractivity contribution in [3.05, 3.63) is 105 Å². The Morgan fingerprint density at radius 3 is 2.46 bits per heavy atom. The number of piperidine rings is 1. The summed E-state index contributed by atoms with van der Waals surface area (Å²) in [6.07, 6.45) is 6.63. The number of pyridine rings is 1. The van der Waals surface area contributed by atoms with Crippen molar-refractivity contribution in [1.29, 1.82) is 0 Å². The normalized spacial score (nSPS) is 22.6. The summed E-state index contributed by atoms with van der Waals surface area (Å²) < 4.78 is 84.2. The summed E-state index contributed by atoms with van der Waals surface area (Å²) in [5.41, 5.74) is 2.32. The Kier molecular flexibility index (Phi) is 12.3. The largest absolute Gasteiger partial charge is 0.489 e. The molecule has 5 heterocycles. The zero-order valence-corrected chi connectivity index (χ0v) is 40.7. The average molecular weight is 984 g/mol. The number of rotatable bonds is 11. The maximum atomic E-state index is 14.2. The number of halogens is 3. The standard InChI is InChI=1S/C52H60F3N7O7S/c1-31(2)36-8-5-6-9-37(36)38-10-7-11-43(38)61-29-51(30-61)18-20-60(21-19-51)33-12-13-39(45(22-33)69-34-23-40-41(52(53,54)55)27-57-48(40)56-26-34)49(63)59-70(66,67)35-24-44(62(64)65)47-46(25-35)68-28-42(58-47)32-14-16-50(3,4)17-15-32/h5-6,8-9,12-13,22-27,31-32,38,42-43,58H,7,10-11,14-21,28-30H2,1-4H3,(H,56,57)(H,59,63)/t38-,42?,43?/m0/s1. The number of alkyl halides is 3. The van der Waals surface area contributed by atoms with Crippen LogP contribution in [0.25, 0.3) is 11.0 Å². The molecule has 0 bridgehead atoms. The van der Waals surface area contributed by atoms with Crippen molar-refractivity contribution in [2.75, 3.05) is 43.0 Å². The lowest BCUT2D eigenvalue weighted by atomic mass is 9.70. The minimum atomic E-state index is -4.78. The van der Waals surface area contributed by atoms with E-state index >= 15 is 0 Å². The number of H-pyrrole nitrogens is 1. The first-order valence-electron chi connectivity index (χ1n) is 24.5. The topological polar surface area (TPSA) is 172 Å². The minimum Gasteiger partial charge on any atom is -0.489 e. The van der Waals surface area contributed by atoms with E-state index in [1.54, 1.807) is 12.1 Å². The molecular formula is C52H60F3N7O7S. The van der Waals surface area contributed by atoms with Crippen LogP contribution in [0.5, 0.6) is 17.2 Å². The SMILES string of the molecule is CC(C)c1ccccc1[C@@H]1CCCC1N1CC2(CCN(c3ccc(C(=O)NS(=O)(=O)c4cc5c(c([N+](=O)[O-])c4)NC(C4CCC(C)(C)CC4)CO5)c(Oc4cnc5[nH]cc(C(F)(F)F)c5c4)c3)CC2)C1. The predicted octanol–water partition coefficient (Wildman–Crippen LogP) is 11.2. The molecule has 2 saturated carbocycles. The van der Waals surface area contributed by atoms with Gasteiger partial charge in [-0.15, -0.1) is 0 Å². The Balaban J connectivity index is 0.882. The fourth-order valence-electron chi connectivity index (χ4n) is 12.0. The van der Waals surface area contributed by atoms with Gasteiger partial charge in [0.2, 0.25) is 0 Å². The number of fused-ring (bicyclic) bond motifs is 2. The third-order valence-electron chi connectivity index (χ3n) is 16.0. The number of nitro groups is 1. The Bertz CT molecular complexity index is 2930. The molecule has 2 aliphatic carbocycles. The first-order valence-corrected chi connectivity index (χ1v) is 26.0. The van der Waals surface area contributed by atoms with Gasteiger partial charge in [0.25, 0.3) is 21.6 Å². The summed E-state index contributed by atoms with van der Waals surface area (Å²) in [6, 6.07) is 17.1. The molecule has 14 nitrogen and oxygen atoms in total. The van der Waals surface area contributed by atoms with Crippen molar-refractivity contribution >= 4 is 44.0 Å². The smallest absolute Gasteiger partial charge is 0.418 e. The number of carbonyl (C=O) groups excluding carboxylic acids is 1. The lowest BCUT2D eigenvalue weighted by Crippen LogP contribution is -2.63. The van der Waals surface area contributed by atoms with Crippen LogP contribution in [-0.4, -0.2) is 79.0 Å². The predicted molar refractivity (Wildman–Crippen MR) is 260 cm³/mol. The monoisotopic (exact) mass is 983 g/mol. The van der Waals surface area contributed by atoms with E-state index < -0.39 is 43.2 Å². The number of nitrogens with one attached hydrogen (secondary N) is 3. The van der Waals surface area contributed by atoms with Gasteiger partial charge in [0.05, 0.1) is 33.2 Å². The molecule has 3 aliphatic heterocycles. The molecule has 0 radical (unpaired) electrons. The molecule has 2 unspecified atom stereocenters. The molecular weight excluding hydrogens is 924 g/mol. The van der Waals surface area contributed by atoms with Crippen molar-refractivity contribution in [2.45, 2.75) is 120 Å². The molecule has 2 aromatic heterocycles. The molecule has 1 amide bonds. The zero-order chi connectivity index (χ0) is 49.3. The number of aromatic nitrogens is 2. The molecule has 5 aliphatic rings. The second-order valence-electron chi connectivity index (χ2n) is 21.4. The molecule has 5 aromatic rings. The van der Waals surface area contributed by atoms with E-state index in [-0.39, 0.29) is 68.9 Å². The number of amides is 1. The number of likely N-dealkylation sites (tertiary alicyclic amines) is 1. The fourth-order valence-corrected chi connectivity index (χ4v) is 13.0. The Morgan fingerprint density at radius 1 is 1.00 bits per heavy atom. The van der Waals surface area contributed by atoms with Crippen LogP contribution in [0.2, 0.25) is 0 Å². The molecule has 2 saturated heterocycles. The highest BCUT2D eigenvalue weighted by Crippen LogP contribution is 2.50. The van der Waals surface area contributed by atoms with Crippen LogP contribution in [0.15, 0.2) is 78.0 Å². The Hall–Kier alpha value is -5.88. The molecule has 372 valence electrons. The third-order valence-corrected chi connectivity index (χ3v) is 17.3. The number of nitrogens with zero attached hydrogens (tertiary/aromatic N) is 4. The van der Waals surface area contributed by atoms with Gasteiger partial charge in [-0.25, -0.2) is 18.1 Å². The van der Waals surface area contributed by atoms with Gasteiger partial charge in [-0.2, -0.15) is 13.2 Å². The van der Waals surface area contributed by atoms with Gasteiger partial charge in [0.15, 0.2) is 11.4 Å². The number of anilines is 2. The molecule has 3 atom stereocenters. The van der Waals surface area contributed by atoms with Crippen molar-refractivity contribution in [1.82, 2.24) is 19.6 Å². The highest BCUT2D eigenvalue weighted by molar-refractivity contribution is 7.90. The second-order valence-corrected chi connectivity index (χ2v) is 23.1. The summed E-state index contributed by atoms with van der Waals surface area (Å²) in [7, 11) is -4.78. The number of aromatic amines is 1. The van der Waals surface area contributed by atoms with Crippen molar-refractivity contribution in [3.63, 3.8) is 0 Å². The van der Waals surface area contributed by atoms with Crippen LogP contribution in [0.3, 0.4) is 0 Å². The van der Waals surface area contributed by atoms with Crippen LogP contribution in [-0.2, 0) is 16.2 Å². The lowest BCUT2D eigenvalue weighted by molar-refractivity contribution is -0.384.